The molecule has 22 heavy (non-hydrogen) atoms. The highest BCUT2D eigenvalue weighted by Gasteiger charge is 2.36. The second kappa shape index (κ2) is 7.64. The first-order chi connectivity index (χ1) is 10.4. The predicted molar refractivity (Wildman–Crippen MR) is 88.2 cm³/mol. The molecule has 1 aliphatic carbocycles. The number of hydrogen-bond acceptors (Lipinski definition) is 4. The molecule has 0 radical (unpaired) electrons. The van der Waals surface area contributed by atoms with E-state index in [0.717, 1.165) is 19.5 Å². The van der Waals surface area contributed by atoms with Crippen molar-refractivity contribution in [3.63, 3.8) is 0 Å². The molecule has 1 saturated carbocycles. The molecule has 0 aromatic rings. The van der Waals surface area contributed by atoms with E-state index in [0.29, 0.717) is 17.9 Å². The molecule has 0 bridgehead atoms. The van der Waals surface area contributed by atoms with Crippen LogP contribution in [0.2, 0.25) is 0 Å². The molecule has 0 aromatic heterocycles. The van der Waals surface area contributed by atoms with Crippen LogP contribution in [0.15, 0.2) is 0 Å². The fourth-order valence-electron chi connectivity index (χ4n) is 3.90. The lowest BCUT2D eigenvalue weighted by Gasteiger charge is -2.31. The first-order valence-electron chi connectivity index (χ1n) is 8.85. The normalized spacial score (nSPS) is 25.8. The molecule has 5 heteroatoms. The van der Waals surface area contributed by atoms with Crippen LogP contribution in [0.4, 0.5) is 4.79 Å². The largest absolute Gasteiger partial charge is 0.444 e. The van der Waals surface area contributed by atoms with E-state index >= 15 is 0 Å². The van der Waals surface area contributed by atoms with Gasteiger partial charge in [0.2, 0.25) is 0 Å². The van der Waals surface area contributed by atoms with Crippen LogP contribution in [0.3, 0.4) is 0 Å². The SMILES string of the molecule is CC(C)(C)OC(=O)N1CCC(C(NN)C2CCCCCC2)C1. The highest BCUT2D eigenvalue weighted by Crippen LogP contribution is 2.32. The molecule has 0 aromatic carbocycles. The lowest BCUT2D eigenvalue weighted by Crippen LogP contribution is -2.47. The Labute approximate surface area is 134 Å². The van der Waals surface area contributed by atoms with E-state index in [1.165, 1.54) is 38.5 Å². The van der Waals surface area contributed by atoms with E-state index in [9.17, 15) is 4.79 Å². The minimum atomic E-state index is -0.429. The van der Waals surface area contributed by atoms with E-state index in [4.69, 9.17) is 10.6 Å². The molecule has 1 amide bonds. The highest BCUT2D eigenvalue weighted by molar-refractivity contribution is 5.68. The second-order valence-electron chi connectivity index (χ2n) is 7.92. The van der Waals surface area contributed by atoms with Gasteiger partial charge in [0.15, 0.2) is 0 Å². The van der Waals surface area contributed by atoms with Gasteiger partial charge in [-0.3, -0.25) is 11.3 Å². The van der Waals surface area contributed by atoms with Crippen LogP contribution < -0.4 is 11.3 Å². The average molecular weight is 311 g/mol. The van der Waals surface area contributed by atoms with Crippen molar-refractivity contribution >= 4 is 6.09 Å². The fraction of sp³-hybridized carbons (Fsp3) is 0.941. The maximum absolute atomic E-state index is 12.2. The van der Waals surface area contributed by atoms with Crippen LogP contribution in [0.1, 0.15) is 65.7 Å². The van der Waals surface area contributed by atoms with Crippen molar-refractivity contribution in [2.75, 3.05) is 13.1 Å². The lowest BCUT2D eigenvalue weighted by atomic mass is 9.83. The molecule has 2 rings (SSSR count). The zero-order valence-corrected chi connectivity index (χ0v) is 14.4. The van der Waals surface area contributed by atoms with Gasteiger partial charge in [-0.2, -0.15) is 0 Å². The minimum Gasteiger partial charge on any atom is -0.444 e. The zero-order valence-electron chi connectivity index (χ0n) is 14.4. The number of hydrogen-bond donors (Lipinski definition) is 2. The molecule has 2 unspecified atom stereocenters. The number of nitrogens with one attached hydrogen (secondary N) is 1. The molecule has 0 spiro atoms. The quantitative estimate of drug-likeness (QED) is 0.477. The molecule has 2 fully saturated rings. The Morgan fingerprint density at radius 3 is 2.32 bits per heavy atom. The third kappa shape index (κ3) is 4.85. The van der Waals surface area contributed by atoms with Crippen LogP contribution in [0.5, 0.6) is 0 Å². The summed E-state index contributed by atoms with van der Waals surface area (Å²) in [6.45, 7) is 7.28. The van der Waals surface area contributed by atoms with Gasteiger partial charge in [-0.05, 0) is 51.9 Å². The monoisotopic (exact) mass is 311 g/mol. The number of ether oxygens (including phenoxy) is 1. The van der Waals surface area contributed by atoms with Gasteiger partial charge in [-0.25, -0.2) is 4.79 Å². The molecule has 5 nitrogen and oxygen atoms in total. The summed E-state index contributed by atoms with van der Waals surface area (Å²) in [6, 6.07) is 0.325. The number of carbonyl (C=O) groups excluding carboxylic acids is 1. The van der Waals surface area contributed by atoms with E-state index in [1.54, 1.807) is 0 Å². The molecule has 2 atom stereocenters. The van der Waals surface area contributed by atoms with E-state index in [2.05, 4.69) is 5.43 Å². The Kier molecular flexibility index (Phi) is 6.09. The maximum Gasteiger partial charge on any atom is 0.410 e. The first kappa shape index (κ1) is 17.5. The molecule has 1 aliphatic heterocycles. The number of likely N-dealkylation sites (tertiary alicyclic amines) is 1. The average Bonchev–Trinajstić information content (AvgIpc) is 2.75. The zero-order chi connectivity index (χ0) is 16.2. The van der Waals surface area contributed by atoms with Crippen LogP contribution >= 0.6 is 0 Å². The second-order valence-corrected chi connectivity index (χ2v) is 7.92. The molecule has 2 aliphatic rings. The van der Waals surface area contributed by atoms with Gasteiger partial charge in [0.25, 0.3) is 0 Å². The van der Waals surface area contributed by atoms with Crippen LogP contribution in [-0.4, -0.2) is 35.7 Å². The summed E-state index contributed by atoms with van der Waals surface area (Å²) in [5.41, 5.74) is 2.64. The molecular formula is C17H33N3O2. The minimum absolute atomic E-state index is 0.188. The van der Waals surface area contributed by atoms with E-state index in [1.807, 2.05) is 25.7 Å². The third-order valence-corrected chi connectivity index (χ3v) is 4.98. The number of nitrogens with two attached hydrogens (primary N) is 1. The smallest absolute Gasteiger partial charge is 0.410 e. The van der Waals surface area contributed by atoms with Gasteiger partial charge in [0.1, 0.15) is 5.60 Å². The van der Waals surface area contributed by atoms with Gasteiger partial charge in [0.05, 0.1) is 0 Å². The van der Waals surface area contributed by atoms with Gasteiger partial charge in [-0.1, -0.05) is 25.7 Å². The van der Waals surface area contributed by atoms with Crippen molar-refractivity contribution in [3.8, 4) is 0 Å². The predicted octanol–water partition coefficient (Wildman–Crippen LogP) is 3.05. The number of amides is 1. The van der Waals surface area contributed by atoms with Gasteiger partial charge < -0.3 is 9.64 Å². The summed E-state index contributed by atoms with van der Waals surface area (Å²) in [5.74, 6) is 6.97. The summed E-state index contributed by atoms with van der Waals surface area (Å²) in [5, 5.41) is 0. The molecule has 1 heterocycles. The van der Waals surface area contributed by atoms with Gasteiger partial charge in [0, 0.05) is 19.1 Å². The Morgan fingerprint density at radius 1 is 1.14 bits per heavy atom. The Balaban J connectivity index is 1.90. The summed E-state index contributed by atoms with van der Waals surface area (Å²) in [4.78, 5) is 14.0. The van der Waals surface area contributed by atoms with Crippen LogP contribution in [0, 0.1) is 11.8 Å². The summed E-state index contributed by atoms with van der Waals surface area (Å²) < 4.78 is 5.48. The van der Waals surface area contributed by atoms with Crippen molar-refractivity contribution in [3.05, 3.63) is 0 Å². The number of nitrogens with zero attached hydrogens (tertiary/aromatic N) is 1. The molecular weight excluding hydrogens is 278 g/mol. The Bertz CT molecular complexity index is 359. The van der Waals surface area contributed by atoms with Crippen molar-refractivity contribution in [1.29, 1.82) is 0 Å². The topological polar surface area (TPSA) is 67.6 Å². The standard InChI is InChI=1S/C17H33N3O2/c1-17(2,3)22-16(21)20-11-10-14(12-20)15(19-18)13-8-6-4-5-7-9-13/h13-15,19H,4-12,18H2,1-3H3. The van der Waals surface area contributed by atoms with Crippen molar-refractivity contribution in [2.24, 2.45) is 17.7 Å². The highest BCUT2D eigenvalue weighted by atomic mass is 16.6. The summed E-state index contributed by atoms with van der Waals surface area (Å²) in [6.07, 6.45) is 8.67. The third-order valence-electron chi connectivity index (χ3n) is 4.98. The van der Waals surface area contributed by atoms with Crippen molar-refractivity contribution in [2.45, 2.75) is 77.4 Å². The number of carbonyl (C=O) groups is 1. The first-order valence-corrected chi connectivity index (χ1v) is 8.85. The van der Waals surface area contributed by atoms with Crippen LogP contribution in [0.25, 0.3) is 0 Å². The number of rotatable bonds is 3. The van der Waals surface area contributed by atoms with Crippen LogP contribution in [-0.2, 0) is 4.74 Å². The lowest BCUT2D eigenvalue weighted by molar-refractivity contribution is 0.0282. The number of hydrazine groups is 1. The molecule has 3 N–H and O–H groups in total. The van der Waals surface area contributed by atoms with Gasteiger partial charge in [-0.15, -0.1) is 0 Å². The maximum atomic E-state index is 12.2. The Hall–Kier alpha value is -0.810. The summed E-state index contributed by atoms with van der Waals surface area (Å²) in [7, 11) is 0. The van der Waals surface area contributed by atoms with E-state index in [-0.39, 0.29) is 6.09 Å². The summed E-state index contributed by atoms with van der Waals surface area (Å²) >= 11 is 0. The van der Waals surface area contributed by atoms with Crippen molar-refractivity contribution in [1.82, 2.24) is 10.3 Å². The molecule has 128 valence electrons. The fourth-order valence-corrected chi connectivity index (χ4v) is 3.90. The molecule has 1 saturated heterocycles. The Morgan fingerprint density at radius 2 is 1.77 bits per heavy atom. The van der Waals surface area contributed by atoms with Gasteiger partial charge >= 0.3 is 6.09 Å². The van der Waals surface area contributed by atoms with E-state index < -0.39 is 5.60 Å². The van der Waals surface area contributed by atoms with Crippen molar-refractivity contribution < 1.29 is 9.53 Å².